The number of benzene rings is 1. The minimum atomic E-state index is -0.581. The Hall–Kier alpha value is -1.59. The van der Waals surface area contributed by atoms with Crippen molar-refractivity contribution < 1.29 is 14.7 Å². The smallest absolute Gasteiger partial charge is 0.144 e. The third-order valence-corrected chi connectivity index (χ3v) is 2.53. The zero-order valence-electron chi connectivity index (χ0n) is 12.6. The molecule has 20 heavy (non-hydrogen) atoms. The van der Waals surface area contributed by atoms with Gasteiger partial charge in [-0.3, -0.25) is 0 Å². The summed E-state index contributed by atoms with van der Waals surface area (Å²) in [6, 6.07) is 7.46. The van der Waals surface area contributed by atoms with Crippen LogP contribution in [0.25, 0.3) is 0 Å². The van der Waals surface area contributed by atoms with Crippen molar-refractivity contribution >= 4 is 6.21 Å². The molecule has 112 valence electrons. The number of hydrogen-bond acceptors (Lipinski definition) is 5. The highest BCUT2D eigenvalue weighted by Crippen LogP contribution is 2.09. The lowest BCUT2D eigenvalue weighted by molar-refractivity contribution is 0.0379. The number of aliphatic hydroxyl groups is 1. The van der Waals surface area contributed by atoms with Gasteiger partial charge in [-0.2, -0.15) is 0 Å². The second-order valence-corrected chi connectivity index (χ2v) is 5.59. The first kappa shape index (κ1) is 16.5. The molecule has 1 atom stereocenters. The molecule has 5 nitrogen and oxygen atoms in total. The monoisotopic (exact) mass is 280 g/mol. The molecule has 0 aromatic heterocycles. The van der Waals surface area contributed by atoms with E-state index in [1.165, 1.54) is 0 Å². The van der Waals surface area contributed by atoms with Crippen molar-refractivity contribution in [1.82, 2.24) is 5.32 Å². The maximum Gasteiger partial charge on any atom is 0.144 e. The molecule has 1 aromatic carbocycles. The Morgan fingerprint density at radius 1 is 1.30 bits per heavy atom. The fourth-order valence-corrected chi connectivity index (χ4v) is 1.40. The van der Waals surface area contributed by atoms with Crippen LogP contribution in [0.15, 0.2) is 29.4 Å². The van der Waals surface area contributed by atoms with E-state index in [0.29, 0.717) is 6.54 Å². The molecule has 0 heterocycles. The van der Waals surface area contributed by atoms with E-state index < -0.39 is 6.10 Å². The largest absolute Gasteiger partial charge is 0.497 e. The Bertz CT molecular complexity index is 410. The van der Waals surface area contributed by atoms with Gasteiger partial charge in [-0.15, -0.1) is 0 Å². The molecule has 0 aliphatic heterocycles. The summed E-state index contributed by atoms with van der Waals surface area (Å²) in [6.45, 7) is 6.77. The number of aliphatic hydroxyl groups excluding tert-OH is 1. The van der Waals surface area contributed by atoms with E-state index >= 15 is 0 Å². The van der Waals surface area contributed by atoms with E-state index in [4.69, 9.17) is 9.57 Å². The van der Waals surface area contributed by atoms with Crippen LogP contribution in [0.1, 0.15) is 26.3 Å². The molecular formula is C15H24N2O3. The van der Waals surface area contributed by atoms with Gasteiger partial charge in [0.1, 0.15) is 18.5 Å². The Balaban J connectivity index is 2.27. The molecule has 0 spiro atoms. The number of nitrogens with zero attached hydrogens (tertiary/aromatic N) is 1. The van der Waals surface area contributed by atoms with Gasteiger partial charge in [0, 0.05) is 12.1 Å². The first-order chi connectivity index (χ1) is 9.40. The van der Waals surface area contributed by atoms with E-state index in [9.17, 15) is 5.11 Å². The second-order valence-electron chi connectivity index (χ2n) is 5.59. The highest BCUT2D eigenvalue weighted by molar-refractivity contribution is 5.79. The molecule has 0 bridgehead atoms. The molecule has 0 amide bonds. The molecule has 2 N–H and O–H groups in total. The molecule has 0 aliphatic carbocycles. The van der Waals surface area contributed by atoms with Crippen LogP contribution in [0.3, 0.4) is 0 Å². The first-order valence-corrected chi connectivity index (χ1v) is 6.63. The highest BCUT2D eigenvalue weighted by Gasteiger charge is 2.12. The highest BCUT2D eigenvalue weighted by atomic mass is 16.6. The summed E-state index contributed by atoms with van der Waals surface area (Å²) in [5.41, 5.74) is 0.890. The van der Waals surface area contributed by atoms with Crippen molar-refractivity contribution in [2.24, 2.45) is 5.16 Å². The SMILES string of the molecule is COc1ccc(/C=N/OCC(O)CNC(C)(C)C)cc1. The Morgan fingerprint density at radius 2 is 1.95 bits per heavy atom. The van der Waals surface area contributed by atoms with Gasteiger partial charge in [0.2, 0.25) is 0 Å². The molecule has 0 fully saturated rings. The van der Waals surface area contributed by atoms with Crippen molar-refractivity contribution in [3.8, 4) is 5.75 Å². The lowest BCUT2D eigenvalue weighted by Gasteiger charge is -2.22. The maximum atomic E-state index is 9.70. The second kappa shape index (κ2) is 7.87. The van der Waals surface area contributed by atoms with Gasteiger partial charge < -0.3 is 20.0 Å². The summed E-state index contributed by atoms with van der Waals surface area (Å²) in [4.78, 5) is 5.07. The summed E-state index contributed by atoms with van der Waals surface area (Å²) in [5, 5.41) is 16.7. The summed E-state index contributed by atoms with van der Waals surface area (Å²) >= 11 is 0. The Morgan fingerprint density at radius 3 is 2.50 bits per heavy atom. The normalized spacial score (nSPS) is 13.4. The average molecular weight is 280 g/mol. The summed E-state index contributed by atoms with van der Waals surface area (Å²) < 4.78 is 5.06. The summed E-state index contributed by atoms with van der Waals surface area (Å²) in [6.07, 6.45) is 1.02. The molecular weight excluding hydrogens is 256 g/mol. The summed E-state index contributed by atoms with van der Waals surface area (Å²) in [5.74, 6) is 0.798. The number of oxime groups is 1. The van der Waals surface area contributed by atoms with Crippen LogP contribution in [0.2, 0.25) is 0 Å². The van der Waals surface area contributed by atoms with Crippen LogP contribution in [0, 0.1) is 0 Å². The topological polar surface area (TPSA) is 63.1 Å². The number of β-amino-alcohol motifs (C(OH)–C–C–N with tert-alkyl or cyclic N) is 1. The fraction of sp³-hybridized carbons (Fsp3) is 0.533. The summed E-state index contributed by atoms with van der Waals surface area (Å²) in [7, 11) is 1.62. The average Bonchev–Trinajstić information content (AvgIpc) is 2.41. The van der Waals surface area contributed by atoms with Crippen LogP contribution in [0.5, 0.6) is 5.75 Å². The number of ether oxygens (including phenoxy) is 1. The van der Waals surface area contributed by atoms with Crippen molar-refractivity contribution in [2.75, 3.05) is 20.3 Å². The zero-order chi connectivity index (χ0) is 15.0. The molecule has 0 aliphatic rings. The molecule has 1 aromatic rings. The molecule has 0 radical (unpaired) electrons. The van der Waals surface area contributed by atoms with E-state index in [1.807, 2.05) is 45.0 Å². The van der Waals surface area contributed by atoms with Crippen molar-refractivity contribution in [3.05, 3.63) is 29.8 Å². The minimum absolute atomic E-state index is 0.0205. The standard InChI is InChI=1S/C15H24N2O3/c1-15(2,3)16-10-13(18)11-20-17-9-12-5-7-14(19-4)8-6-12/h5-9,13,16,18H,10-11H2,1-4H3/b17-9+. The Kier molecular flexibility index (Phi) is 6.48. The Labute approximate surface area is 120 Å². The predicted octanol–water partition coefficient (Wildman–Crippen LogP) is 1.79. The van der Waals surface area contributed by atoms with Crippen molar-refractivity contribution in [1.29, 1.82) is 0 Å². The molecule has 0 saturated carbocycles. The van der Waals surface area contributed by atoms with Crippen LogP contribution in [-0.2, 0) is 4.84 Å². The lowest BCUT2D eigenvalue weighted by Crippen LogP contribution is -2.42. The van der Waals surface area contributed by atoms with Gasteiger partial charge in [-0.05, 0) is 50.6 Å². The lowest BCUT2D eigenvalue weighted by atomic mass is 10.1. The van der Waals surface area contributed by atoms with E-state index in [2.05, 4.69) is 10.5 Å². The van der Waals surface area contributed by atoms with E-state index in [0.717, 1.165) is 11.3 Å². The fourth-order valence-electron chi connectivity index (χ4n) is 1.40. The first-order valence-electron chi connectivity index (χ1n) is 6.63. The molecule has 0 saturated heterocycles. The van der Waals surface area contributed by atoms with Gasteiger partial charge in [0.15, 0.2) is 0 Å². The van der Waals surface area contributed by atoms with Crippen molar-refractivity contribution in [2.45, 2.75) is 32.4 Å². The van der Waals surface area contributed by atoms with Crippen molar-refractivity contribution in [3.63, 3.8) is 0 Å². The third kappa shape index (κ3) is 7.11. The zero-order valence-corrected chi connectivity index (χ0v) is 12.6. The number of rotatable bonds is 7. The molecule has 1 rings (SSSR count). The van der Waals surface area contributed by atoms with Gasteiger partial charge in [0.05, 0.1) is 13.3 Å². The van der Waals surface area contributed by atoms with Crippen LogP contribution in [0.4, 0.5) is 0 Å². The van der Waals surface area contributed by atoms with Gasteiger partial charge >= 0.3 is 0 Å². The van der Waals surface area contributed by atoms with Crippen LogP contribution < -0.4 is 10.1 Å². The van der Waals surface area contributed by atoms with E-state index in [-0.39, 0.29) is 12.1 Å². The quantitative estimate of drug-likeness (QED) is 0.590. The maximum absolute atomic E-state index is 9.70. The van der Waals surface area contributed by atoms with E-state index in [1.54, 1.807) is 13.3 Å². The van der Waals surface area contributed by atoms with Crippen LogP contribution >= 0.6 is 0 Å². The third-order valence-electron chi connectivity index (χ3n) is 2.53. The minimum Gasteiger partial charge on any atom is -0.497 e. The van der Waals surface area contributed by atoms with Gasteiger partial charge in [-0.1, -0.05) is 5.16 Å². The van der Waals surface area contributed by atoms with Crippen LogP contribution in [-0.4, -0.2) is 43.2 Å². The molecule has 1 unspecified atom stereocenters. The van der Waals surface area contributed by atoms with Gasteiger partial charge in [-0.25, -0.2) is 0 Å². The van der Waals surface area contributed by atoms with Gasteiger partial charge in [0.25, 0.3) is 0 Å². The predicted molar refractivity (Wildman–Crippen MR) is 80.3 cm³/mol. The number of hydrogen-bond donors (Lipinski definition) is 2. The molecule has 5 heteroatoms. The number of nitrogens with one attached hydrogen (secondary N) is 1. The number of methoxy groups -OCH3 is 1.